The van der Waals surface area contributed by atoms with E-state index in [0.717, 1.165) is 0 Å². The zero-order valence-corrected chi connectivity index (χ0v) is 17.1. The number of hydrogen-bond donors (Lipinski definition) is 3. The molecule has 2 aromatic heterocycles. The molecule has 2 heterocycles. The van der Waals surface area contributed by atoms with Gasteiger partial charge >= 0.3 is 6.18 Å². The summed E-state index contributed by atoms with van der Waals surface area (Å²) < 4.78 is 65.5. The van der Waals surface area contributed by atoms with Crippen LogP contribution in [0, 0.1) is 28.6 Å². The van der Waals surface area contributed by atoms with Crippen molar-refractivity contribution in [3.8, 4) is 0 Å². The van der Waals surface area contributed by atoms with Gasteiger partial charge in [0.15, 0.2) is 5.65 Å². The molecule has 0 amide bonds. The molecule has 0 saturated heterocycles. The summed E-state index contributed by atoms with van der Waals surface area (Å²) in [6, 6.07) is 1.74. The van der Waals surface area contributed by atoms with E-state index in [-0.39, 0.29) is 29.1 Å². The Morgan fingerprint density at radius 1 is 1.43 bits per heavy atom. The van der Waals surface area contributed by atoms with Crippen LogP contribution in [0.25, 0.3) is 11.2 Å². The zero-order chi connectivity index (χ0) is 22.1. The van der Waals surface area contributed by atoms with Crippen molar-refractivity contribution in [1.82, 2.24) is 14.5 Å². The Balaban J connectivity index is 1.69. The first-order chi connectivity index (χ1) is 14.0. The van der Waals surface area contributed by atoms with Crippen LogP contribution in [0.3, 0.4) is 0 Å². The molecule has 0 radical (unpaired) electrons. The molecule has 3 rings (SSSR count). The lowest BCUT2D eigenvalue weighted by Crippen LogP contribution is -2.33. The largest absolute Gasteiger partial charge is 0.389 e. The van der Waals surface area contributed by atoms with E-state index in [2.05, 4.69) is 14.4 Å². The maximum Gasteiger partial charge on any atom is 0.389 e. The number of fused-ring (bicyclic) bond motifs is 1. The summed E-state index contributed by atoms with van der Waals surface area (Å²) in [6.07, 6.45) is -0.663. The van der Waals surface area contributed by atoms with Crippen LogP contribution < -0.4 is 5.49 Å². The van der Waals surface area contributed by atoms with E-state index in [1.54, 1.807) is 12.3 Å². The summed E-state index contributed by atoms with van der Waals surface area (Å²) in [5.74, 6) is -0.796. The van der Waals surface area contributed by atoms with Gasteiger partial charge in [0.2, 0.25) is 0 Å². The van der Waals surface area contributed by atoms with Crippen molar-refractivity contribution in [2.24, 2.45) is 22.2 Å². The number of sulfonamides is 1. The Hall–Kier alpha value is -2.50. The lowest BCUT2D eigenvalue weighted by Gasteiger charge is -2.19. The van der Waals surface area contributed by atoms with Crippen LogP contribution in [0.4, 0.5) is 13.2 Å². The molecule has 3 N–H and O–H groups in total. The Labute approximate surface area is 171 Å². The smallest absolute Gasteiger partial charge is 0.345 e. The minimum absolute atomic E-state index is 0.0518. The molecule has 8 nitrogen and oxygen atoms in total. The molecule has 164 valence electrons. The second kappa shape index (κ2) is 8.32. The zero-order valence-electron chi connectivity index (χ0n) is 16.3. The lowest BCUT2D eigenvalue weighted by atomic mass is 9.96. The average Bonchev–Trinajstić information content (AvgIpc) is 3.24. The van der Waals surface area contributed by atoms with Crippen LogP contribution in [0.15, 0.2) is 22.9 Å². The fourth-order valence-electron chi connectivity index (χ4n) is 3.86. The highest BCUT2D eigenvalue weighted by atomic mass is 32.2. The predicted molar refractivity (Wildman–Crippen MR) is 106 cm³/mol. The molecule has 1 aliphatic rings. The van der Waals surface area contributed by atoms with Crippen LogP contribution in [-0.4, -0.2) is 46.9 Å². The summed E-state index contributed by atoms with van der Waals surface area (Å²) in [5.41, 5.74) is 1.25. The van der Waals surface area contributed by atoms with Gasteiger partial charge in [0, 0.05) is 24.8 Å². The highest BCUT2D eigenvalue weighted by Crippen LogP contribution is 2.36. The molecule has 0 aromatic carbocycles. The first-order valence-corrected chi connectivity index (χ1v) is 11.1. The normalized spacial score (nSPS) is 22.9. The number of rotatable bonds is 6. The summed E-state index contributed by atoms with van der Waals surface area (Å²) in [5, 5.41) is 16.8. The number of nitrogens with zero attached hydrogens (tertiary/aromatic N) is 3. The summed E-state index contributed by atoms with van der Waals surface area (Å²) >= 11 is 0. The van der Waals surface area contributed by atoms with Gasteiger partial charge in [-0.2, -0.15) is 17.6 Å². The highest BCUT2D eigenvalue weighted by Gasteiger charge is 2.35. The molecule has 0 bridgehead atoms. The van der Waals surface area contributed by atoms with Crippen molar-refractivity contribution < 1.29 is 21.6 Å². The van der Waals surface area contributed by atoms with E-state index in [0.29, 0.717) is 24.0 Å². The second-order valence-electron chi connectivity index (χ2n) is 7.65. The van der Waals surface area contributed by atoms with Crippen LogP contribution >= 0.6 is 0 Å². The van der Waals surface area contributed by atoms with Crippen molar-refractivity contribution in [2.45, 2.75) is 38.8 Å². The molecular weight excluding hydrogens is 421 g/mol. The molecule has 3 atom stereocenters. The number of hydrogen-bond acceptors (Lipinski definition) is 5. The van der Waals surface area contributed by atoms with Gasteiger partial charge in [-0.15, -0.1) is 0 Å². The fraction of sp³-hybridized carbons (Fsp3) is 0.556. The van der Waals surface area contributed by atoms with Crippen molar-refractivity contribution in [1.29, 1.82) is 10.8 Å². The van der Waals surface area contributed by atoms with E-state index in [1.165, 1.54) is 17.0 Å². The molecule has 2 aromatic rings. The van der Waals surface area contributed by atoms with Gasteiger partial charge in [-0.25, -0.2) is 13.4 Å². The number of nitrogens with one attached hydrogen (secondary N) is 3. The van der Waals surface area contributed by atoms with E-state index in [9.17, 15) is 21.6 Å². The second-order valence-corrected chi connectivity index (χ2v) is 9.43. The van der Waals surface area contributed by atoms with Gasteiger partial charge < -0.3 is 4.98 Å². The van der Waals surface area contributed by atoms with Gasteiger partial charge in [0.1, 0.15) is 11.3 Å². The molecule has 0 spiro atoms. The van der Waals surface area contributed by atoms with Gasteiger partial charge in [0.05, 0.1) is 17.5 Å². The third-order valence-corrected chi connectivity index (χ3v) is 6.55. The van der Waals surface area contributed by atoms with Gasteiger partial charge in [-0.3, -0.25) is 15.4 Å². The summed E-state index contributed by atoms with van der Waals surface area (Å²) in [4.78, 5) is 7.07. The minimum Gasteiger partial charge on any atom is -0.345 e. The van der Waals surface area contributed by atoms with Crippen LogP contribution in [0.2, 0.25) is 0 Å². The Morgan fingerprint density at radius 3 is 2.87 bits per heavy atom. The van der Waals surface area contributed by atoms with E-state index < -0.39 is 34.8 Å². The molecular formula is C18H23F3N6O2S. The Kier molecular flexibility index (Phi) is 6.16. The first kappa shape index (κ1) is 22.2. The SMILES string of the molecule is C[C@@H]1CC(C=NS(=O)(=O)CCCC(F)(F)F)C[C@@H]1C(=N)n1c(=N)cnc2[nH]ccc21. The minimum atomic E-state index is -4.39. The highest BCUT2D eigenvalue weighted by molar-refractivity contribution is 7.90. The first-order valence-electron chi connectivity index (χ1n) is 9.50. The van der Waals surface area contributed by atoms with E-state index in [1.807, 2.05) is 6.92 Å². The van der Waals surface area contributed by atoms with Gasteiger partial charge in [-0.05, 0) is 37.2 Å². The van der Waals surface area contributed by atoms with Crippen LogP contribution in [0.5, 0.6) is 0 Å². The Bertz CT molecular complexity index is 1120. The maximum absolute atomic E-state index is 12.2. The van der Waals surface area contributed by atoms with Gasteiger partial charge in [-0.1, -0.05) is 6.92 Å². The molecule has 1 aliphatic carbocycles. The average molecular weight is 444 g/mol. The number of H-pyrrole nitrogens is 1. The standard InChI is InChI=1S/C18H23F3N6O2S/c1-11-7-12(9-26-30(28,29)6-2-4-18(19,20)21)8-13(11)16(23)27-14-3-5-24-17(14)25-10-15(27)22/h3,5,9-13,22-24H,2,4,6-8H2,1H3/t11-,12?,13+/m1/s1. The molecule has 0 aliphatic heterocycles. The van der Waals surface area contributed by atoms with Crippen molar-refractivity contribution in [3.63, 3.8) is 0 Å². The lowest BCUT2D eigenvalue weighted by molar-refractivity contribution is -0.134. The third-order valence-electron chi connectivity index (χ3n) is 5.31. The molecule has 1 saturated carbocycles. The van der Waals surface area contributed by atoms with E-state index in [4.69, 9.17) is 10.8 Å². The molecule has 12 heteroatoms. The molecule has 1 unspecified atom stereocenters. The molecule has 1 fully saturated rings. The topological polar surface area (TPSA) is 128 Å². The van der Waals surface area contributed by atoms with Crippen LogP contribution in [0.1, 0.15) is 32.6 Å². The quantitative estimate of drug-likeness (QED) is 0.468. The van der Waals surface area contributed by atoms with E-state index >= 15 is 0 Å². The number of aromatic amines is 1. The number of halogens is 3. The van der Waals surface area contributed by atoms with Crippen molar-refractivity contribution in [2.75, 3.05) is 5.75 Å². The summed E-state index contributed by atoms with van der Waals surface area (Å²) in [7, 11) is -3.96. The maximum atomic E-state index is 12.2. The number of aromatic nitrogens is 3. The van der Waals surface area contributed by atoms with Crippen molar-refractivity contribution >= 4 is 33.2 Å². The summed E-state index contributed by atoms with van der Waals surface area (Å²) in [6.45, 7) is 1.95. The Morgan fingerprint density at radius 2 is 2.17 bits per heavy atom. The fourth-order valence-corrected chi connectivity index (χ4v) is 4.83. The third kappa shape index (κ3) is 5.15. The van der Waals surface area contributed by atoms with Crippen LogP contribution in [-0.2, 0) is 10.0 Å². The predicted octanol–water partition coefficient (Wildman–Crippen LogP) is 3.07. The molecule has 30 heavy (non-hydrogen) atoms. The number of alkyl halides is 3. The van der Waals surface area contributed by atoms with Crippen molar-refractivity contribution in [3.05, 3.63) is 23.9 Å². The van der Waals surface area contributed by atoms with Gasteiger partial charge in [0.25, 0.3) is 10.0 Å². The monoisotopic (exact) mass is 444 g/mol.